The second kappa shape index (κ2) is 9.94. The van der Waals surface area contributed by atoms with Crippen LogP contribution >= 0.6 is 11.6 Å². The number of hydrogen-bond donors (Lipinski definition) is 3. The highest BCUT2D eigenvalue weighted by molar-refractivity contribution is 6.30. The third-order valence-corrected chi connectivity index (χ3v) is 5.99. The second-order valence-electron chi connectivity index (χ2n) is 8.28. The minimum atomic E-state index is -0.746. The molecule has 33 heavy (non-hydrogen) atoms. The van der Waals surface area contributed by atoms with Gasteiger partial charge in [-0.25, -0.2) is 9.18 Å². The molecule has 8 nitrogen and oxygen atoms in total. The standard InChI is InChI=1S/C23H26ClFN4O4/c1-14(30)26-19-4-2-15(24)10-22(19)33-13-18(31)12-28-8-6-17(7-9-28)29-21-5-3-16(25)11-20(21)27-23(29)32/h2-5,10-11,17-18,31H,6-9,12-13H2,1H3,(H,26,30)(H,27,32). The van der Waals surface area contributed by atoms with E-state index in [1.165, 1.54) is 19.1 Å². The number of imidazole rings is 1. The lowest BCUT2D eigenvalue weighted by molar-refractivity contribution is -0.114. The van der Waals surface area contributed by atoms with E-state index in [0.29, 0.717) is 47.1 Å². The van der Waals surface area contributed by atoms with Gasteiger partial charge in [-0.3, -0.25) is 9.36 Å². The molecule has 1 aliphatic heterocycles. The lowest BCUT2D eigenvalue weighted by Crippen LogP contribution is -2.42. The van der Waals surface area contributed by atoms with Crippen LogP contribution in [-0.2, 0) is 4.79 Å². The Balaban J connectivity index is 1.32. The van der Waals surface area contributed by atoms with Crippen LogP contribution in [0.15, 0.2) is 41.2 Å². The lowest BCUT2D eigenvalue weighted by atomic mass is 10.0. The number of β-amino-alcohol motifs (C(OH)–C–C–N with tert-alkyl or cyclic N) is 1. The van der Waals surface area contributed by atoms with Gasteiger partial charge in [0.05, 0.1) is 16.7 Å². The highest BCUT2D eigenvalue weighted by Gasteiger charge is 2.25. The first-order valence-corrected chi connectivity index (χ1v) is 11.2. The minimum Gasteiger partial charge on any atom is -0.489 e. The minimum absolute atomic E-state index is 0.00743. The molecule has 1 amide bonds. The zero-order chi connectivity index (χ0) is 23.5. The van der Waals surface area contributed by atoms with Crippen molar-refractivity contribution in [2.45, 2.75) is 31.9 Å². The predicted molar refractivity (Wildman–Crippen MR) is 124 cm³/mol. The first-order chi connectivity index (χ1) is 15.8. The Morgan fingerprint density at radius 1 is 1.30 bits per heavy atom. The van der Waals surface area contributed by atoms with Crippen LogP contribution in [0.2, 0.25) is 5.02 Å². The van der Waals surface area contributed by atoms with Gasteiger partial charge in [-0.15, -0.1) is 0 Å². The average molecular weight is 477 g/mol. The van der Waals surface area contributed by atoms with E-state index >= 15 is 0 Å². The van der Waals surface area contributed by atoms with Gasteiger partial charge >= 0.3 is 5.69 Å². The molecule has 1 saturated heterocycles. The van der Waals surface area contributed by atoms with Crippen LogP contribution in [-0.4, -0.2) is 57.8 Å². The summed E-state index contributed by atoms with van der Waals surface area (Å²) in [6.07, 6.45) is 0.724. The molecular formula is C23H26ClFN4O4. The highest BCUT2D eigenvalue weighted by Crippen LogP contribution is 2.29. The molecule has 1 aromatic heterocycles. The number of ether oxygens (including phenoxy) is 1. The van der Waals surface area contributed by atoms with Gasteiger partial charge in [0.15, 0.2) is 0 Å². The molecule has 1 atom stereocenters. The molecule has 1 unspecified atom stereocenters. The number of carbonyl (C=O) groups excluding carboxylic acids is 1. The molecule has 4 rings (SSSR count). The lowest BCUT2D eigenvalue weighted by Gasteiger charge is -2.33. The van der Waals surface area contributed by atoms with Gasteiger partial charge in [0.1, 0.15) is 24.3 Å². The van der Waals surface area contributed by atoms with E-state index in [9.17, 15) is 19.1 Å². The van der Waals surface area contributed by atoms with Gasteiger partial charge in [-0.1, -0.05) is 11.6 Å². The third kappa shape index (κ3) is 5.55. The number of piperidine rings is 1. The van der Waals surface area contributed by atoms with Crippen LogP contribution in [0.1, 0.15) is 25.8 Å². The molecule has 0 spiro atoms. The van der Waals surface area contributed by atoms with E-state index in [1.807, 2.05) is 0 Å². The molecule has 10 heteroatoms. The van der Waals surface area contributed by atoms with Gasteiger partial charge in [-0.2, -0.15) is 0 Å². The number of benzene rings is 2. The number of H-pyrrole nitrogens is 1. The van der Waals surface area contributed by atoms with Crippen molar-refractivity contribution in [3.8, 4) is 5.75 Å². The number of hydrogen-bond acceptors (Lipinski definition) is 5. The van der Waals surface area contributed by atoms with Crippen molar-refractivity contribution in [1.29, 1.82) is 0 Å². The van der Waals surface area contributed by atoms with Crippen molar-refractivity contribution < 1.29 is 19.0 Å². The smallest absolute Gasteiger partial charge is 0.326 e. The number of anilines is 1. The molecule has 0 bridgehead atoms. The maximum absolute atomic E-state index is 13.5. The summed E-state index contributed by atoms with van der Waals surface area (Å²) < 4.78 is 20.9. The summed E-state index contributed by atoms with van der Waals surface area (Å²) >= 11 is 6.03. The van der Waals surface area contributed by atoms with Crippen LogP contribution < -0.4 is 15.7 Å². The van der Waals surface area contributed by atoms with Crippen molar-refractivity contribution in [2.75, 3.05) is 31.6 Å². The Bertz CT molecular complexity index is 1200. The van der Waals surface area contributed by atoms with E-state index in [0.717, 1.165) is 12.8 Å². The molecule has 2 heterocycles. The number of likely N-dealkylation sites (tertiary alicyclic amines) is 1. The molecule has 0 saturated carbocycles. The van der Waals surface area contributed by atoms with Crippen molar-refractivity contribution in [3.63, 3.8) is 0 Å². The highest BCUT2D eigenvalue weighted by atomic mass is 35.5. The number of aromatic nitrogens is 2. The number of nitrogens with zero attached hydrogens (tertiary/aromatic N) is 2. The Morgan fingerprint density at radius 3 is 2.79 bits per heavy atom. The summed E-state index contributed by atoms with van der Waals surface area (Å²) in [7, 11) is 0. The van der Waals surface area contributed by atoms with Crippen LogP contribution in [0.4, 0.5) is 10.1 Å². The van der Waals surface area contributed by atoms with E-state index in [4.69, 9.17) is 16.3 Å². The number of amides is 1. The zero-order valence-corrected chi connectivity index (χ0v) is 18.9. The summed E-state index contributed by atoms with van der Waals surface area (Å²) in [4.78, 5) is 28.6. The molecule has 1 aliphatic rings. The van der Waals surface area contributed by atoms with Gasteiger partial charge < -0.3 is 25.0 Å². The third-order valence-electron chi connectivity index (χ3n) is 5.76. The van der Waals surface area contributed by atoms with Gasteiger partial charge in [0.25, 0.3) is 0 Å². The molecule has 2 aromatic carbocycles. The van der Waals surface area contributed by atoms with Gasteiger partial charge in [0, 0.05) is 43.7 Å². The maximum atomic E-state index is 13.5. The molecule has 0 radical (unpaired) electrons. The number of aliphatic hydroxyl groups is 1. The van der Waals surface area contributed by atoms with Crippen molar-refractivity contribution in [2.24, 2.45) is 0 Å². The van der Waals surface area contributed by atoms with Gasteiger partial charge in [-0.05, 0) is 43.2 Å². The van der Waals surface area contributed by atoms with Crippen LogP contribution in [0.5, 0.6) is 5.75 Å². The molecule has 1 fully saturated rings. The van der Waals surface area contributed by atoms with E-state index in [2.05, 4.69) is 15.2 Å². The number of halogens is 2. The predicted octanol–water partition coefficient (Wildman–Crippen LogP) is 3.16. The fourth-order valence-corrected chi connectivity index (χ4v) is 4.43. The maximum Gasteiger partial charge on any atom is 0.326 e. The first-order valence-electron chi connectivity index (χ1n) is 10.8. The largest absolute Gasteiger partial charge is 0.489 e. The normalized spacial score (nSPS) is 16.1. The summed E-state index contributed by atoms with van der Waals surface area (Å²) in [6.45, 7) is 3.27. The van der Waals surface area contributed by atoms with Crippen molar-refractivity contribution in [1.82, 2.24) is 14.5 Å². The topological polar surface area (TPSA) is 99.6 Å². The van der Waals surface area contributed by atoms with Crippen LogP contribution in [0.3, 0.4) is 0 Å². The monoisotopic (exact) mass is 476 g/mol. The van der Waals surface area contributed by atoms with Crippen molar-refractivity contribution in [3.05, 3.63) is 57.7 Å². The molecule has 0 aliphatic carbocycles. The Hall–Kier alpha value is -2.88. The number of rotatable bonds is 7. The Labute approximate surface area is 194 Å². The fraction of sp³-hybridized carbons (Fsp3) is 0.391. The average Bonchev–Trinajstić information content (AvgIpc) is 3.09. The summed E-state index contributed by atoms with van der Waals surface area (Å²) in [5.74, 6) is -0.223. The Kier molecular flexibility index (Phi) is 7.02. The first kappa shape index (κ1) is 23.3. The fourth-order valence-electron chi connectivity index (χ4n) is 4.27. The quantitative estimate of drug-likeness (QED) is 0.486. The van der Waals surface area contributed by atoms with Crippen LogP contribution in [0, 0.1) is 5.82 Å². The second-order valence-corrected chi connectivity index (χ2v) is 8.72. The molecule has 3 aromatic rings. The molecular weight excluding hydrogens is 451 g/mol. The van der Waals surface area contributed by atoms with Crippen molar-refractivity contribution >= 4 is 34.2 Å². The summed E-state index contributed by atoms with van der Waals surface area (Å²) in [5, 5.41) is 13.6. The summed E-state index contributed by atoms with van der Waals surface area (Å²) in [5.41, 5.74) is 1.45. The van der Waals surface area contributed by atoms with Crippen LogP contribution in [0.25, 0.3) is 11.0 Å². The summed E-state index contributed by atoms with van der Waals surface area (Å²) in [6, 6.07) is 9.21. The number of fused-ring (bicyclic) bond motifs is 1. The number of carbonyl (C=O) groups is 1. The van der Waals surface area contributed by atoms with Gasteiger partial charge in [0.2, 0.25) is 5.91 Å². The number of nitrogens with one attached hydrogen (secondary N) is 2. The number of aromatic amines is 1. The zero-order valence-electron chi connectivity index (χ0n) is 18.2. The molecule has 3 N–H and O–H groups in total. The van der Waals surface area contributed by atoms with E-state index < -0.39 is 6.10 Å². The Morgan fingerprint density at radius 2 is 2.06 bits per heavy atom. The van der Waals surface area contributed by atoms with E-state index in [-0.39, 0.29) is 30.1 Å². The molecule has 176 valence electrons. The SMILES string of the molecule is CC(=O)Nc1ccc(Cl)cc1OCC(O)CN1CCC(n2c(=O)[nH]c3cc(F)ccc32)CC1. The van der Waals surface area contributed by atoms with E-state index in [1.54, 1.807) is 28.8 Å². The number of aliphatic hydroxyl groups excluding tert-OH is 1.